The number of aryl methyl sites for hydroxylation is 1. The minimum Gasteiger partial charge on any atom is -0.368 e. The minimum absolute atomic E-state index is 0.0286. The summed E-state index contributed by atoms with van der Waals surface area (Å²) < 4.78 is 62.1. The maximum absolute atomic E-state index is 14.5. The third kappa shape index (κ3) is 5.51. The third-order valence-electron chi connectivity index (χ3n) is 7.16. The second-order valence-electron chi connectivity index (χ2n) is 10.0. The number of alkyl halides is 3. The first-order valence-electron chi connectivity index (χ1n) is 13.1. The molecule has 0 aliphatic carbocycles. The van der Waals surface area contributed by atoms with Crippen LogP contribution in [-0.2, 0) is 29.0 Å². The number of nitrogens with one attached hydrogen (secondary N) is 1. The van der Waals surface area contributed by atoms with Crippen molar-refractivity contribution in [2.24, 2.45) is 7.05 Å². The Balaban J connectivity index is 1.68. The largest absolute Gasteiger partial charge is 0.471 e. The molecule has 0 amide bonds. The van der Waals surface area contributed by atoms with Gasteiger partial charge in [0.15, 0.2) is 0 Å². The second kappa shape index (κ2) is 10.9. The Morgan fingerprint density at radius 2 is 1.84 bits per heavy atom. The molecule has 14 nitrogen and oxygen atoms in total. The van der Waals surface area contributed by atoms with Crippen LogP contribution in [-0.4, -0.2) is 64.8 Å². The Morgan fingerprint density at radius 3 is 2.50 bits per heavy atom. The van der Waals surface area contributed by atoms with E-state index < -0.39 is 37.5 Å². The molecule has 1 aromatic carbocycles. The first-order chi connectivity index (χ1) is 20.8. The van der Waals surface area contributed by atoms with Crippen LogP contribution in [0, 0.1) is 0 Å². The van der Waals surface area contributed by atoms with Crippen LogP contribution >= 0.6 is 7.82 Å². The molecule has 3 N–H and O–H groups in total. The van der Waals surface area contributed by atoms with Crippen LogP contribution in [0.3, 0.4) is 0 Å². The number of phosphoric ester groups is 1. The molecule has 0 spiro atoms. The van der Waals surface area contributed by atoms with Gasteiger partial charge in [0.2, 0.25) is 0 Å². The number of anilines is 1. The van der Waals surface area contributed by atoms with E-state index in [-0.39, 0.29) is 33.3 Å². The predicted octanol–water partition coefficient (Wildman–Crippen LogP) is 1.99. The van der Waals surface area contributed by atoms with Gasteiger partial charge in [-0.15, -0.1) is 0 Å². The predicted molar refractivity (Wildman–Crippen MR) is 152 cm³/mol. The number of halogens is 3. The molecule has 1 fully saturated rings. The van der Waals surface area contributed by atoms with E-state index in [0.29, 0.717) is 42.0 Å². The number of hydrogen-bond acceptors (Lipinski definition) is 9. The van der Waals surface area contributed by atoms with Crippen molar-refractivity contribution in [1.29, 1.82) is 0 Å². The fourth-order valence-corrected chi connectivity index (χ4v) is 5.42. The Hall–Kier alpha value is -4.41. The molecular weight excluding hydrogens is 608 g/mol. The van der Waals surface area contributed by atoms with E-state index in [1.165, 1.54) is 23.0 Å². The quantitative estimate of drug-likeness (QED) is 0.185. The molecule has 4 aromatic heterocycles. The van der Waals surface area contributed by atoms with Crippen LogP contribution in [0.15, 0.2) is 58.5 Å². The number of fused-ring (bicyclic) bond motifs is 3. The molecule has 0 atom stereocenters. The first-order valence-corrected chi connectivity index (χ1v) is 14.7. The van der Waals surface area contributed by atoms with Crippen molar-refractivity contribution in [3.8, 4) is 16.9 Å². The fourth-order valence-electron chi connectivity index (χ4n) is 5.16. The third-order valence-corrected chi connectivity index (χ3v) is 7.62. The zero-order chi connectivity index (χ0) is 31.4. The van der Waals surface area contributed by atoms with E-state index in [2.05, 4.69) is 24.9 Å². The summed E-state index contributed by atoms with van der Waals surface area (Å²) in [6.07, 6.45) is -0.481. The fraction of sp³-hybridized carbons (Fsp3) is 0.269. The standard InChI is InChI=1S/C26H24F3N8O6P/c1-34-13-15(11-32-34)19-3-4-20-22(33-19)23-17(12-31-20)24(38)36(14-43-44(40,41)42)25(39)37(23)16-2-5-21(18(10-16)26(27,28)29)35-8-6-30-7-9-35/h2-5,10-13,30H,6-9,14H2,1H3,(H2,40,41,42). The molecule has 1 saturated heterocycles. The Bertz CT molecular complexity index is 2080. The van der Waals surface area contributed by atoms with E-state index in [1.807, 2.05) is 0 Å². The lowest BCUT2D eigenvalue weighted by Gasteiger charge is -2.32. The molecule has 0 radical (unpaired) electrons. The highest BCUT2D eigenvalue weighted by atomic mass is 31.2. The number of aromatic nitrogens is 6. The summed E-state index contributed by atoms with van der Waals surface area (Å²) in [4.78, 5) is 56.3. The van der Waals surface area contributed by atoms with Crippen molar-refractivity contribution in [2.75, 3.05) is 31.1 Å². The van der Waals surface area contributed by atoms with Crippen molar-refractivity contribution in [2.45, 2.75) is 12.9 Å². The van der Waals surface area contributed by atoms with E-state index in [1.54, 1.807) is 30.3 Å². The van der Waals surface area contributed by atoms with E-state index in [0.717, 1.165) is 16.8 Å². The lowest BCUT2D eigenvalue weighted by Crippen LogP contribution is -2.44. The van der Waals surface area contributed by atoms with Gasteiger partial charge in [0.25, 0.3) is 5.56 Å². The number of pyridine rings is 2. The minimum atomic E-state index is -5.15. The maximum Gasteiger partial charge on any atom is 0.471 e. The summed E-state index contributed by atoms with van der Waals surface area (Å²) >= 11 is 0. The van der Waals surface area contributed by atoms with Crippen LogP contribution in [0.2, 0.25) is 0 Å². The molecule has 230 valence electrons. The van der Waals surface area contributed by atoms with Crippen molar-refractivity contribution in [3.63, 3.8) is 0 Å². The second-order valence-corrected chi connectivity index (χ2v) is 11.3. The molecule has 18 heteroatoms. The maximum atomic E-state index is 14.5. The van der Waals surface area contributed by atoms with E-state index >= 15 is 0 Å². The molecule has 0 unspecified atom stereocenters. The van der Waals surface area contributed by atoms with Gasteiger partial charge < -0.3 is 20.0 Å². The van der Waals surface area contributed by atoms with E-state index in [9.17, 15) is 37.1 Å². The lowest BCUT2D eigenvalue weighted by atomic mass is 10.1. The molecule has 5 aromatic rings. The van der Waals surface area contributed by atoms with Crippen molar-refractivity contribution < 1.29 is 32.0 Å². The van der Waals surface area contributed by atoms with Crippen LogP contribution < -0.4 is 21.5 Å². The number of piperazine rings is 1. The molecule has 5 heterocycles. The molecule has 1 aliphatic heterocycles. The summed E-state index contributed by atoms with van der Waals surface area (Å²) in [5, 5.41) is 6.96. The van der Waals surface area contributed by atoms with Crippen molar-refractivity contribution >= 4 is 35.4 Å². The highest BCUT2D eigenvalue weighted by Gasteiger charge is 2.36. The molecule has 0 saturated carbocycles. The van der Waals surface area contributed by atoms with Crippen LogP contribution in [0.25, 0.3) is 38.9 Å². The molecule has 0 bridgehead atoms. The number of phosphoric acid groups is 1. The number of nitrogens with zero attached hydrogens (tertiary/aromatic N) is 7. The van der Waals surface area contributed by atoms with Gasteiger partial charge in [-0.3, -0.25) is 23.6 Å². The highest BCUT2D eigenvalue weighted by molar-refractivity contribution is 7.46. The SMILES string of the molecule is Cn1cc(-c2ccc3ncc4c(=O)n(COP(=O)(O)O)c(=O)n(-c5ccc(N6CCNCC6)c(C(F)(F)F)c5)c4c3n2)cn1. The zero-order valence-corrected chi connectivity index (χ0v) is 23.8. The highest BCUT2D eigenvalue weighted by Crippen LogP contribution is 2.39. The van der Waals surface area contributed by atoms with Gasteiger partial charge in [-0.05, 0) is 30.3 Å². The number of benzene rings is 1. The topological polar surface area (TPSA) is 170 Å². The average molecular weight is 632 g/mol. The van der Waals surface area contributed by atoms with Gasteiger partial charge in [-0.1, -0.05) is 0 Å². The normalized spacial score (nSPS) is 14.5. The molecular formula is C26H24F3N8O6P. The lowest BCUT2D eigenvalue weighted by molar-refractivity contribution is -0.137. The van der Waals surface area contributed by atoms with Gasteiger partial charge in [0.05, 0.1) is 39.6 Å². The van der Waals surface area contributed by atoms with Gasteiger partial charge in [0, 0.05) is 56.9 Å². The van der Waals surface area contributed by atoms with Gasteiger partial charge >= 0.3 is 19.7 Å². The Kier molecular flexibility index (Phi) is 7.37. The first kappa shape index (κ1) is 29.7. The monoisotopic (exact) mass is 632 g/mol. The van der Waals surface area contributed by atoms with Crippen LogP contribution in [0.5, 0.6) is 0 Å². The number of rotatable bonds is 6. The van der Waals surface area contributed by atoms with Crippen molar-refractivity contribution in [3.05, 3.63) is 75.3 Å². The van der Waals surface area contributed by atoms with E-state index in [4.69, 9.17) is 0 Å². The van der Waals surface area contributed by atoms with Gasteiger partial charge in [-0.2, -0.15) is 18.3 Å². The summed E-state index contributed by atoms with van der Waals surface area (Å²) in [6, 6.07) is 6.58. The summed E-state index contributed by atoms with van der Waals surface area (Å²) in [5.74, 6) is 0. The smallest absolute Gasteiger partial charge is 0.368 e. The van der Waals surface area contributed by atoms with Crippen LogP contribution in [0.4, 0.5) is 18.9 Å². The molecule has 6 rings (SSSR count). The van der Waals surface area contributed by atoms with Crippen LogP contribution in [0.1, 0.15) is 5.56 Å². The van der Waals surface area contributed by atoms with Gasteiger partial charge in [-0.25, -0.2) is 18.9 Å². The summed E-state index contributed by atoms with van der Waals surface area (Å²) in [7, 11) is -3.45. The average Bonchev–Trinajstić information content (AvgIpc) is 3.42. The zero-order valence-electron chi connectivity index (χ0n) is 22.9. The Morgan fingerprint density at radius 1 is 1.09 bits per heavy atom. The van der Waals surface area contributed by atoms with Crippen molar-refractivity contribution in [1.82, 2.24) is 34.2 Å². The Labute approximate surface area is 245 Å². The molecule has 1 aliphatic rings. The summed E-state index contributed by atoms with van der Waals surface area (Å²) in [5.41, 5.74) is -2.52. The van der Waals surface area contributed by atoms with Gasteiger partial charge in [0.1, 0.15) is 12.2 Å². The molecule has 44 heavy (non-hydrogen) atoms. The summed E-state index contributed by atoms with van der Waals surface area (Å²) in [6.45, 7) is 0.444. The number of hydrogen-bond donors (Lipinski definition) is 3.